The van der Waals surface area contributed by atoms with Crippen molar-refractivity contribution in [3.63, 3.8) is 0 Å². The lowest BCUT2D eigenvalue weighted by Crippen LogP contribution is -2.36. The molecule has 0 aliphatic carbocycles. The molecule has 24 heavy (non-hydrogen) atoms. The summed E-state index contributed by atoms with van der Waals surface area (Å²) in [5.74, 6) is 0.0153. The number of pyridine rings is 1. The smallest absolute Gasteiger partial charge is 0.350 e. The first-order valence-corrected chi connectivity index (χ1v) is 7.98. The van der Waals surface area contributed by atoms with E-state index in [0.29, 0.717) is 17.6 Å². The molecule has 0 amide bonds. The number of fused-ring (bicyclic) bond motifs is 3. The Labute approximate surface area is 138 Å². The highest BCUT2D eigenvalue weighted by Gasteiger charge is 2.25. The summed E-state index contributed by atoms with van der Waals surface area (Å²) in [4.78, 5) is 13.0. The summed E-state index contributed by atoms with van der Waals surface area (Å²) in [6.07, 6.45) is 0.462. The summed E-state index contributed by atoms with van der Waals surface area (Å²) in [6.45, 7) is 1.88. The SMILES string of the molecule is CCc1c(O)[n+]2c3ccccc3ccc2n(-c2ccccc2)c1=O. The zero-order valence-corrected chi connectivity index (χ0v) is 13.3. The number of hydrogen-bond donors (Lipinski definition) is 1. The van der Waals surface area contributed by atoms with Gasteiger partial charge in [-0.05, 0) is 30.7 Å². The van der Waals surface area contributed by atoms with Crippen LogP contribution in [0.3, 0.4) is 0 Å². The first-order chi connectivity index (χ1) is 11.7. The quantitative estimate of drug-likeness (QED) is 0.456. The Hall–Kier alpha value is -3.14. The topological polar surface area (TPSA) is 46.3 Å². The van der Waals surface area contributed by atoms with Crippen LogP contribution in [-0.2, 0) is 6.42 Å². The zero-order valence-electron chi connectivity index (χ0n) is 13.3. The summed E-state index contributed by atoms with van der Waals surface area (Å²) in [5.41, 5.74) is 2.51. The van der Waals surface area contributed by atoms with E-state index in [9.17, 15) is 9.90 Å². The summed E-state index contributed by atoms with van der Waals surface area (Å²) in [7, 11) is 0. The predicted octanol–water partition coefficient (Wildman–Crippen LogP) is 3.00. The second kappa shape index (κ2) is 5.49. The van der Waals surface area contributed by atoms with Gasteiger partial charge in [-0.25, -0.2) is 4.79 Å². The summed E-state index contributed by atoms with van der Waals surface area (Å²) < 4.78 is 3.41. The number of hydrogen-bond acceptors (Lipinski definition) is 2. The molecule has 0 spiro atoms. The van der Waals surface area contributed by atoms with Crippen molar-refractivity contribution >= 4 is 16.6 Å². The number of para-hydroxylation sites is 2. The fourth-order valence-electron chi connectivity index (χ4n) is 3.20. The molecule has 0 saturated heterocycles. The maximum atomic E-state index is 13.0. The Bertz CT molecular complexity index is 1120. The second-order valence-electron chi connectivity index (χ2n) is 5.72. The largest absolute Gasteiger partial charge is 0.477 e. The van der Waals surface area contributed by atoms with Gasteiger partial charge in [0.1, 0.15) is 16.8 Å². The number of nitrogens with zero attached hydrogens (tertiary/aromatic N) is 2. The minimum atomic E-state index is -0.184. The van der Waals surface area contributed by atoms with Gasteiger partial charge in [-0.2, -0.15) is 8.97 Å². The Morgan fingerprint density at radius 1 is 0.958 bits per heavy atom. The average Bonchev–Trinajstić information content (AvgIpc) is 2.62. The molecule has 0 saturated carbocycles. The molecule has 1 N–H and O–H groups in total. The van der Waals surface area contributed by atoms with Crippen LogP contribution in [-0.4, -0.2) is 9.67 Å². The fourth-order valence-corrected chi connectivity index (χ4v) is 3.20. The van der Waals surface area contributed by atoms with Crippen LogP contribution in [0.2, 0.25) is 0 Å². The first kappa shape index (κ1) is 14.5. The van der Waals surface area contributed by atoms with Gasteiger partial charge >= 0.3 is 5.56 Å². The molecule has 4 nitrogen and oxygen atoms in total. The van der Waals surface area contributed by atoms with Crippen LogP contribution in [0.5, 0.6) is 5.88 Å². The molecular formula is C20H17N2O2+. The van der Waals surface area contributed by atoms with E-state index >= 15 is 0 Å². The van der Waals surface area contributed by atoms with Crippen LogP contribution in [0, 0.1) is 0 Å². The standard InChI is InChI=1S/C20H16N2O2/c1-2-16-19(23)21(15-9-4-3-5-10-15)18-13-12-14-8-6-7-11-17(14)22(18)20(16)24/h3-13H,2H2,1H3/p+1. The second-order valence-corrected chi connectivity index (χ2v) is 5.72. The van der Waals surface area contributed by atoms with Crippen molar-refractivity contribution in [2.24, 2.45) is 0 Å². The average molecular weight is 317 g/mol. The normalized spacial score (nSPS) is 11.2. The molecule has 0 fully saturated rings. The number of aromatic hydroxyl groups is 1. The third-order valence-electron chi connectivity index (χ3n) is 4.36. The van der Waals surface area contributed by atoms with E-state index in [-0.39, 0.29) is 11.4 Å². The lowest BCUT2D eigenvalue weighted by molar-refractivity contribution is -0.498. The third kappa shape index (κ3) is 2.00. The molecule has 4 rings (SSSR count). The van der Waals surface area contributed by atoms with E-state index in [1.807, 2.05) is 73.7 Å². The van der Waals surface area contributed by atoms with Gasteiger partial charge in [-0.3, -0.25) is 0 Å². The molecule has 2 aromatic heterocycles. The molecule has 0 atom stereocenters. The molecule has 0 radical (unpaired) electrons. The summed E-state index contributed by atoms with van der Waals surface area (Å²) >= 11 is 0. The van der Waals surface area contributed by atoms with Gasteiger partial charge < -0.3 is 5.11 Å². The number of benzene rings is 2. The Morgan fingerprint density at radius 2 is 1.67 bits per heavy atom. The molecule has 118 valence electrons. The molecular weight excluding hydrogens is 300 g/mol. The van der Waals surface area contributed by atoms with Gasteiger partial charge in [0.15, 0.2) is 0 Å². The van der Waals surface area contributed by atoms with Crippen LogP contribution < -0.4 is 9.96 Å². The molecule has 0 aliphatic rings. The van der Waals surface area contributed by atoms with Crippen LogP contribution in [0.4, 0.5) is 0 Å². The van der Waals surface area contributed by atoms with Gasteiger partial charge in [-0.15, -0.1) is 0 Å². The van der Waals surface area contributed by atoms with Crippen LogP contribution in [0.15, 0.2) is 71.5 Å². The van der Waals surface area contributed by atoms with E-state index in [0.717, 1.165) is 16.6 Å². The third-order valence-corrected chi connectivity index (χ3v) is 4.36. The summed E-state index contributed by atoms with van der Waals surface area (Å²) in [5, 5.41) is 11.8. The van der Waals surface area contributed by atoms with Gasteiger partial charge in [0.05, 0.1) is 0 Å². The maximum Gasteiger partial charge on any atom is 0.350 e. The van der Waals surface area contributed by atoms with Crippen LogP contribution in [0.25, 0.3) is 22.2 Å². The van der Waals surface area contributed by atoms with Gasteiger partial charge in [0.25, 0.3) is 11.5 Å². The minimum absolute atomic E-state index is 0.0153. The van der Waals surface area contributed by atoms with Gasteiger partial charge in [0, 0.05) is 11.5 Å². The molecule has 0 aliphatic heterocycles. The van der Waals surface area contributed by atoms with Crippen LogP contribution in [0.1, 0.15) is 12.5 Å². The molecule has 0 bridgehead atoms. The van der Waals surface area contributed by atoms with Gasteiger partial charge in [0.2, 0.25) is 0 Å². The maximum absolute atomic E-state index is 13.0. The van der Waals surface area contributed by atoms with Crippen molar-refractivity contribution in [2.75, 3.05) is 0 Å². The number of aromatic nitrogens is 2. The molecule has 0 unspecified atom stereocenters. The molecule has 4 heteroatoms. The lowest BCUT2D eigenvalue weighted by Gasteiger charge is -2.09. The fraction of sp³-hybridized carbons (Fsp3) is 0.100. The molecule has 2 heterocycles. The molecule has 2 aromatic carbocycles. The zero-order chi connectivity index (χ0) is 16.7. The van der Waals surface area contributed by atoms with E-state index in [4.69, 9.17) is 0 Å². The van der Waals surface area contributed by atoms with Crippen LogP contribution >= 0.6 is 0 Å². The monoisotopic (exact) mass is 317 g/mol. The Balaban J connectivity index is 2.28. The van der Waals surface area contributed by atoms with Crippen molar-refractivity contribution in [1.29, 1.82) is 0 Å². The molecule has 4 aromatic rings. The highest BCUT2D eigenvalue weighted by molar-refractivity contribution is 5.77. The van der Waals surface area contributed by atoms with Gasteiger partial charge in [-0.1, -0.05) is 43.3 Å². The van der Waals surface area contributed by atoms with Crippen molar-refractivity contribution in [3.05, 3.63) is 82.6 Å². The van der Waals surface area contributed by atoms with Crippen molar-refractivity contribution in [2.45, 2.75) is 13.3 Å². The first-order valence-electron chi connectivity index (χ1n) is 7.98. The summed E-state index contributed by atoms with van der Waals surface area (Å²) in [6, 6.07) is 21.2. The highest BCUT2D eigenvalue weighted by atomic mass is 16.3. The van der Waals surface area contributed by atoms with E-state index in [1.165, 1.54) is 0 Å². The van der Waals surface area contributed by atoms with Crippen molar-refractivity contribution in [3.8, 4) is 11.6 Å². The predicted molar refractivity (Wildman–Crippen MR) is 93.7 cm³/mol. The highest BCUT2D eigenvalue weighted by Crippen LogP contribution is 2.19. The minimum Gasteiger partial charge on any atom is -0.477 e. The van der Waals surface area contributed by atoms with E-state index in [2.05, 4.69) is 0 Å². The Morgan fingerprint density at radius 3 is 2.42 bits per heavy atom. The lowest BCUT2D eigenvalue weighted by atomic mass is 10.2. The number of rotatable bonds is 2. The van der Waals surface area contributed by atoms with E-state index in [1.54, 1.807) is 8.97 Å². The van der Waals surface area contributed by atoms with E-state index < -0.39 is 0 Å². The van der Waals surface area contributed by atoms with Crippen molar-refractivity contribution < 1.29 is 9.51 Å². The van der Waals surface area contributed by atoms with Crippen molar-refractivity contribution in [1.82, 2.24) is 4.57 Å². The Kier molecular flexibility index (Phi) is 3.31.